The number of carbonyl (C=O) groups is 2. The van der Waals surface area contributed by atoms with E-state index in [0.717, 1.165) is 31.5 Å². The van der Waals surface area contributed by atoms with Crippen LogP contribution >= 0.6 is 0 Å². The van der Waals surface area contributed by atoms with Crippen molar-refractivity contribution in [2.24, 2.45) is 5.92 Å². The first-order chi connectivity index (χ1) is 10.0. The summed E-state index contributed by atoms with van der Waals surface area (Å²) in [5.74, 6) is -0.554. The van der Waals surface area contributed by atoms with Crippen molar-refractivity contribution in [3.8, 4) is 0 Å². The van der Waals surface area contributed by atoms with Crippen LogP contribution in [0.3, 0.4) is 0 Å². The number of carbonyl (C=O) groups excluding carboxylic acids is 2. The maximum atomic E-state index is 12.2. The molecule has 0 saturated carbocycles. The number of benzene rings is 1. The molecule has 2 rings (SSSR count). The van der Waals surface area contributed by atoms with E-state index in [1.54, 1.807) is 6.92 Å². The summed E-state index contributed by atoms with van der Waals surface area (Å²) in [4.78, 5) is 23.5. The van der Waals surface area contributed by atoms with Gasteiger partial charge in [-0.05, 0) is 25.6 Å². The summed E-state index contributed by atoms with van der Waals surface area (Å²) in [5.41, 5.74) is 0.482. The molecule has 1 aromatic carbocycles. The number of esters is 1. The van der Waals surface area contributed by atoms with Gasteiger partial charge in [-0.15, -0.1) is 0 Å². The van der Waals surface area contributed by atoms with Crippen LogP contribution in [0.25, 0.3) is 0 Å². The first-order valence-corrected chi connectivity index (χ1v) is 7.52. The maximum absolute atomic E-state index is 12.2. The molecule has 21 heavy (non-hydrogen) atoms. The lowest BCUT2D eigenvalue weighted by atomic mass is 9.84. The van der Waals surface area contributed by atoms with Gasteiger partial charge in [-0.1, -0.05) is 37.3 Å². The van der Waals surface area contributed by atoms with E-state index >= 15 is 0 Å². The van der Waals surface area contributed by atoms with Gasteiger partial charge in [0.05, 0.1) is 6.42 Å². The van der Waals surface area contributed by atoms with Gasteiger partial charge < -0.3 is 10.1 Å². The minimum absolute atomic E-state index is 0.0195. The Hall–Kier alpha value is -1.68. The molecule has 4 nitrogen and oxygen atoms in total. The molecule has 1 aliphatic rings. The van der Waals surface area contributed by atoms with Gasteiger partial charge in [0.15, 0.2) is 0 Å². The lowest BCUT2D eigenvalue weighted by molar-refractivity contribution is -0.166. The first-order valence-electron chi connectivity index (χ1n) is 7.52. The lowest BCUT2D eigenvalue weighted by Crippen LogP contribution is -2.43. The predicted molar refractivity (Wildman–Crippen MR) is 80.8 cm³/mol. The normalized spacial score (nSPS) is 18.8. The molecule has 1 heterocycles. The van der Waals surface area contributed by atoms with E-state index in [2.05, 4.69) is 5.32 Å². The summed E-state index contributed by atoms with van der Waals surface area (Å²) < 4.78 is 5.85. The van der Waals surface area contributed by atoms with Crippen molar-refractivity contribution in [1.82, 2.24) is 5.32 Å². The highest BCUT2D eigenvalue weighted by Crippen LogP contribution is 2.35. The molecule has 1 unspecified atom stereocenters. The molecule has 0 amide bonds. The van der Waals surface area contributed by atoms with Crippen LogP contribution in [0.5, 0.6) is 0 Å². The van der Waals surface area contributed by atoms with Crippen LogP contribution < -0.4 is 5.32 Å². The summed E-state index contributed by atoms with van der Waals surface area (Å²) in [6, 6.07) is 9.90. The molecule has 0 spiro atoms. The first kappa shape index (κ1) is 15.7. The Morgan fingerprint density at radius 2 is 1.86 bits per heavy atom. The Morgan fingerprint density at radius 1 is 1.24 bits per heavy atom. The van der Waals surface area contributed by atoms with Crippen molar-refractivity contribution in [2.75, 3.05) is 13.1 Å². The smallest absolute Gasteiger partial charge is 0.307 e. The number of hydrogen-bond acceptors (Lipinski definition) is 4. The fraction of sp³-hybridized carbons (Fsp3) is 0.529. The van der Waals surface area contributed by atoms with E-state index in [4.69, 9.17) is 4.74 Å². The number of nitrogens with one attached hydrogen (secondary N) is 1. The van der Waals surface area contributed by atoms with Crippen molar-refractivity contribution >= 4 is 11.8 Å². The van der Waals surface area contributed by atoms with Gasteiger partial charge in [-0.25, -0.2) is 0 Å². The Morgan fingerprint density at radius 3 is 2.43 bits per heavy atom. The maximum Gasteiger partial charge on any atom is 0.307 e. The molecular formula is C17H23NO3. The summed E-state index contributed by atoms with van der Waals surface area (Å²) in [5, 5.41) is 3.30. The van der Waals surface area contributed by atoms with E-state index in [0.29, 0.717) is 0 Å². The third kappa shape index (κ3) is 3.91. The van der Waals surface area contributed by atoms with Gasteiger partial charge in [0.2, 0.25) is 0 Å². The quantitative estimate of drug-likeness (QED) is 0.846. The molecule has 114 valence electrons. The molecule has 0 radical (unpaired) electrons. The third-order valence-corrected chi connectivity index (χ3v) is 4.19. The Labute approximate surface area is 125 Å². The van der Waals surface area contributed by atoms with E-state index in [9.17, 15) is 9.59 Å². The zero-order chi connectivity index (χ0) is 15.3. The van der Waals surface area contributed by atoms with Crippen LogP contribution in [0, 0.1) is 5.92 Å². The molecule has 1 atom stereocenters. The zero-order valence-corrected chi connectivity index (χ0v) is 12.7. The molecule has 1 aromatic rings. The lowest BCUT2D eigenvalue weighted by Gasteiger charge is -2.37. The fourth-order valence-corrected chi connectivity index (χ4v) is 2.68. The van der Waals surface area contributed by atoms with Gasteiger partial charge in [0.25, 0.3) is 0 Å². The van der Waals surface area contributed by atoms with Crippen LogP contribution in [-0.2, 0) is 19.9 Å². The van der Waals surface area contributed by atoms with Gasteiger partial charge in [0.1, 0.15) is 11.4 Å². The number of ether oxygens (including phenoxy) is 1. The van der Waals surface area contributed by atoms with Crippen LogP contribution in [0.2, 0.25) is 0 Å². The molecule has 0 aromatic heterocycles. The Balaban J connectivity index is 2.14. The van der Waals surface area contributed by atoms with E-state index in [-0.39, 0.29) is 24.1 Å². The van der Waals surface area contributed by atoms with Gasteiger partial charge in [-0.3, -0.25) is 9.59 Å². The van der Waals surface area contributed by atoms with E-state index in [1.165, 1.54) is 6.92 Å². The number of rotatable bonds is 5. The highest BCUT2D eigenvalue weighted by Gasteiger charge is 2.38. The Bertz CT molecular complexity index is 492. The highest BCUT2D eigenvalue weighted by atomic mass is 16.6. The monoisotopic (exact) mass is 289 g/mol. The molecule has 1 N–H and O–H groups in total. The molecule has 1 fully saturated rings. The van der Waals surface area contributed by atoms with Gasteiger partial charge in [-0.2, -0.15) is 0 Å². The molecule has 1 saturated heterocycles. The number of hydrogen-bond donors (Lipinski definition) is 1. The number of piperidine rings is 1. The minimum atomic E-state index is -0.555. The number of ketones is 1. The predicted octanol–water partition coefficient (Wildman–Crippen LogP) is 2.42. The second-order valence-corrected chi connectivity index (χ2v) is 5.80. The van der Waals surface area contributed by atoms with Crippen molar-refractivity contribution in [2.45, 2.75) is 38.7 Å². The highest BCUT2D eigenvalue weighted by molar-refractivity contribution is 5.83. The van der Waals surface area contributed by atoms with Crippen LogP contribution in [0.15, 0.2) is 30.3 Å². The number of Topliss-reactive ketones (excluding diaryl/α,β-unsaturated/α-hetero) is 1. The van der Waals surface area contributed by atoms with Crippen molar-refractivity contribution in [3.05, 3.63) is 35.9 Å². The molecule has 0 bridgehead atoms. The SMILES string of the molecule is CC(=O)C(C)CC(=O)OC1(c2ccccc2)CCNCC1. The zero-order valence-electron chi connectivity index (χ0n) is 12.7. The van der Waals surface area contributed by atoms with E-state index in [1.807, 2.05) is 30.3 Å². The minimum Gasteiger partial charge on any atom is -0.454 e. The standard InChI is InChI=1S/C17H23NO3/c1-13(14(2)19)12-16(20)21-17(8-10-18-11-9-17)15-6-4-3-5-7-15/h3-7,13,18H,8-12H2,1-2H3. The third-order valence-electron chi connectivity index (χ3n) is 4.19. The summed E-state index contributed by atoms with van der Waals surface area (Å²) >= 11 is 0. The van der Waals surface area contributed by atoms with Crippen molar-refractivity contribution in [3.63, 3.8) is 0 Å². The average molecular weight is 289 g/mol. The fourth-order valence-electron chi connectivity index (χ4n) is 2.68. The molecule has 0 aliphatic carbocycles. The molecule has 4 heteroatoms. The second-order valence-electron chi connectivity index (χ2n) is 5.80. The van der Waals surface area contributed by atoms with Crippen molar-refractivity contribution in [1.29, 1.82) is 0 Å². The average Bonchev–Trinajstić information content (AvgIpc) is 2.48. The second kappa shape index (κ2) is 6.85. The Kier molecular flexibility index (Phi) is 5.12. The topological polar surface area (TPSA) is 55.4 Å². The molecule has 1 aliphatic heterocycles. The summed E-state index contributed by atoms with van der Waals surface area (Å²) in [6.07, 6.45) is 1.67. The van der Waals surface area contributed by atoms with Crippen LogP contribution in [0.1, 0.15) is 38.7 Å². The van der Waals surface area contributed by atoms with E-state index < -0.39 is 5.60 Å². The van der Waals surface area contributed by atoms with Crippen LogP contribution in [0.4, 0.5) is 0 Å². The molecular weight excluding hydrogens is 266 g/mol. The van der Waals surface area contributed by atoms with Crippen molar-refractivity contribution < 1.29 is 14.3 Å². The summed E-state index contributed by atoms with van der Waals surface area (Å²) in [7, 11) is 0. The largest absolute Gasteiger partial charge is 0.454 e. The van der Waals surface area contributed by atoms with Crippen LogP contribution in [-0.4, -0.2) is 24.8 Å². The summed E-state index contributed by atoms with van der Waals surface area (Å²) in [6.45, 7) is 4.92. The van der Waals surface area contributed by atoms with Gasteiger partial charge in [0, 0.05) is 18.8 Å². The van der Waals surface area contributed by atoms with Gasteiger partial charge >= 0.3 is 5.97 Å².